The average Bonchev–Trinajstić information content (AvgIpc) is 2.94. The van der Waals surface area contributed by atoms with Gasteiger partial charge in [-0.1, -0.05) is 67.5 Å². The summed E-state index contributed by atoms with van der Waals surface area (Å²) in [4.78, 5) is 12.1. The molecule has 136 valence electrons. The van der Waals surface area contributed by atoms with Gasteiger partial charge in [0, 0.05) is 6.04 Å². The summed E-state index contributed by atoms with van der Waals surface area (Å²) in [7, 11) is 0. The van der Waals surface area contributed by atoms with E-state index in [1.54, 1.807) is 4.68 Å². The zero-order chi connectivity index (χ0) is 18.2. The van der Waals surface area contributed by atoms with E-state index < -0.39 is 0 Å². The fourth-order valence-electron chi connectivity index (χ4n) is 2.49. The minimum absolute atomic E-state index is 0.0533. The number of nitrogens with one attached hydrogen (secondary N) is 1. The van der Waals surface area contributed by atoms with Gasteiger partial charge in [0.2, 0.25) is 5.91 Å². The smallest absolute Gasteiger partial charge is 0.230 e. The Morgan fingerprint density at radius 1 is 1.40 bits per heavy atom. The molecule has 0 saturated carbocycles. The highest BCUT2D eigenvalue weighted by atomic mass is 32.2. The van der Waals surface area contributed by atoms with Gasteiger partial charge < -0.3 is 5.32 Å². The highest BCUT2D eigenvalue weighted by Crippen LogP contribution is 2.25. The van der Waals surface area contributed by atoms with Crippen LogP contribution >= 0.6 is 35.3 Å². The molecule has 0 fully saturated rings. The summed E-state index contributed by atoms with van der Waals surface area (Å²) in [6, 6.07) is 8.24. The van der Waals surface area contributed by atoms with Gasteiger partial charge in [-0.25, -0.2) is 4.68 Å². The molecule has 1 aromatic carbocycles. The first-order chi connectivity index (χ1) is 12.0. The van der Waals surface area contributed by atoms with Crippen LogP contribution in [-0.4, -0.2) is 27.5 Å². The number of rotatable bonds is 9. The van der Waals surface area contributed by atoms with Crippen LogP contribution in [0.1, 0.15) is 45.1 Å². The van der Waals surface area contributed by atoms with Crippen molar-refractivity contribution in [3.63, 3.8) is 0 Å². The van der Waals surface area contributed by atoms with E-state index in [1.165, 1.54) is 35.9 Å². The first kappa shape index (κ1) is 20.1. The summed E-state index contributed by atoms with van der Waals surface area (Å²) in [5.74, 6) is 0.423. The number of aryl methyl sites for hydroxylation is 1. The number of benzene rings is 1. The zero-order valence-electron chi connectivity index (χ0n) is 14.9. The molecule has 0 aliphatic heterocycles. The SMILES string of the molecule is CCCCC[C@H](C)NC(=O)CSc1nn(-c2ccccc2C)c(=S)s1. The molecule has 4 nitrogen and oxygen atoms in total. The topological polar surface area (TPSA) is 46.9 Å². The van der Waals surface area contributed by atoms with Gasteiger partial charge in [0.1, 0.15) is 0 Å². The first-order valence-corrected chi connectivity index (χ1v) is 10.8. The lowest BCUT2D eigenvalue weighted by molar-refractivity contribution is -0.119. The van der Waals surface area contributed by atoms with Gasteiger partial charge in [0.25, 0.3) is 0 Å². The van der Waals surface area contributed by atoms with E-state index in [1.807, 2.05) is 31.2 Å². The number of unbranched alkanes of at least 4 members (excludes halogenated alkanes) is 2. The number of carbonyl (C=O) groups excluding carboxylic acids is 1. The minimum Gasteiger partial charge on any atom is -0.353 e. The van der Waals surface area contributed by atoms with Crippen molar-refractivity contribution in [2.75, 3.05) is 5.75 Å². The van der Waals surface area contributed by atoms with Gasteiger partial charge in [-0.05, 0) is 44.1 Å². The summed E-state index contributed by atoms with van der Waals surface area (Å²) in [5, 5.41) is 7.62. The molecule has 1 aromatic heterocycles. The van der Waals surface area contributed by atoms with Crippen LogP contribution < -0.4 is 5.32 Å². The fourth-order valence-corrected chi connectivity index (χ4v) is 4.65. The summed E-state index contributed by atoms with van der Waals surface area (Å²) >= 11 is 8.32. The lowest BCUT2D eigenvalue weighted by Crippen LogP contribution is -2.33. The second-order valence-corrected chi connectivity index (χ2v) is 8.93. The Hall–Kier alpha value is -1.18. The summed E-state index contributed by atoms with van der Waals surface area (Å²) in [5.41, 5.74) is 2.11. The Balaban J connectivity index is 1.90. The van der Waals surface area contributed by atoms with Crippen LogP contribution in [0.25, 0.3) is 5.69 Å². The van der Waals surface area contributed by atoms with Crippen molar-refractivity contribution in [3.8, 4) is 5.69 Å². The van der Waals surface area contributed by atoms with Crippen molar-refractivity contribution in [1.82, 2.24) is 15.1 Å². The molecular formula is C18H25N3OS3. The number of carbonyl (C=O) groups is 1. The zero-order valence-corrected chi connectivity index (χ0v) is 17.4. The third kappa shape index (κ3) is 6.24. The number of hydrogen-bond acceptors (Lipinski definition) is 5. The predicted octanol–water partition coefficient (Wildman–Crippen LogP) is 5.15. The van der Waals surface area contributed by atoms with Gasteiger partial charge >= 0.3 is 0 Å². The third-order valence-electron chi connectivity index (χ3n) is 3.85. The van der Waals surface area contributed by atoms with Gasteiger partial charge in [0.15, 0.2) is 8.29 Å². The Morgan fingerprint density at radius 3 is 2.88 bits per heavy atom. The van der Waals surface area contributed by atoms with E-state index in [0.717, 1.165) is 28.4 Å². The van der Waals surface area contributed by atoms with Gasteiger partial charge in [0.05, 0.1) is 11.4 Å². The molecule has 0 saturated heterocycles. The standard InChI is InChI=1S/C18H25N3OS3/c1-4-5-6-10-14(3)19-16(22)12-24-17-20-21(18(23)25-17)15-11-8-7-9-13(15)2/h7-9,11,14H,4-6,10,12H2,1-3H3,(H,19,22)/t14-/m0/s1. The molecule has 0 spiro atoms. The Bertz CT molecular complexity index is 754. The second kappa shape index (κ2) is 10.1. The van der Waals surface area contributed by atoms with E-state index in [0.29, 0.717) is 9.71 Å². The highest BCUT2D eigenvalue weighted by molar-refractivity contribution is 8.01. The highest BCUT2D eigenvalue weighted by Gasteiger charge is 2.12. The number of amides is 1. The Morgan fingerprint density at radius 2 is 2.16 bits per heavy atom. The lowest BCUT2D eigenvalue weighted by Gasteiger charge is -2.12. The monoisotopic (exact) mass is 395 g/mol. The molecule has 0 unspecified atom stereocenters. The van der Waals surface area contributed by atoms with Crippen LogP contribution in [0.2, 0.25) is 0 Å². The van der Waals surface area contributed by atoms with Crippen molar-refractivity contribution in [2.45, 2.75) is 56.8 Å². The van der Waals surface area contributed by atoms with Crippen LogP contribution in [-0.2, 0) is 4.79 Å². The lowest BCUT2D eigenvalue weighted by atomic mass is 10.1. The number of thioether (sulfide) groups is 1. The van der Waals surface area contributed by atoms with E-state index in [9.17, 15) is 4.79 Å². The average molecular weight is 396 g/mol. The predicted molar refractivity (Wildman–Crippen MR) is 109 cm³/mol. The number of aromatic nitrogens is 2. The molecule has 0 radical (unpaired) electrons. The molecule has 2 rings (SSSR count). The minimum atomic E-state index is 0.0533. The molecule has 2 aromatic rings. The third-order valence-corrected chi connectivity index (χ3v) is 6.21. The largest absolute Gasteiger partial charge is 0.353 e. The Kier molecular flexibility index (Phi) is 8.12. The maximum atomic E-state index is 12.1. The van der Waals surface area contributed by atoms with Crippen molar-refractivity contribution in [1.29, 1.82) is 0 Å². The molecule has 7 heteroatoms. The van der Waals surface area contributed by atoms with Crippen LogP contribution in [0.5, 0.6) is 0 Å². The van der Waals surface area contributed by atoms with E-state index >= 15 is 0 Å². The summed E-state index contributed by atoms with van der Waals surface area (Å²) in [6.07, 6.45) is 4.61. The Labute approximate surface area is 163 Å². The first-order valence-electron chi connectivity index (χ1n) is 8.59. The van der Waals surface area contributed by atoms with Crippen LogP contribution in [0.4, 0.5) is 0 Å². The molecule has 25 heavy (non-hydrogen) atoms. The van der Waals surface area contributed by atoms with Crippen molar-refractivity contribution in [2.24, 2.45) is 0 Å². The number of hydrogen-bond donors (Lipinski definition) is 1. The molecule has 0 bridgehead atoms. The summed E-state index contributed by atoms with van der Waals surface area (Å²) < 4.78 is 3.30. The van der Waals surface area contributed by atoms with Crippen molar-refractivity contribution >= 4 is 41.2 Å². The van der Waals surface area contributed by atoms with Crippen molar-refractivity contribution in [3.05, 3.63) is 33.8 Å². The van der Waals surface area contributed by atoms with E-state index in [4.69, 9.17) is 12.2 Å². The molecule has 1 atom stereocenters. The van der Waals surface area contributed by atoms with Gasteiger partial charge in [-0.2, -0.15) is 0 Å². The molecule has 1 amide bonds. The van der Waals surface area contributed by atoms with Crippen LogP contribution in [0.15, 0.2) is 28.6 Å². The van der Waals surface area contributed by atoms with Crippen LogP contribution in [0, 0.1) is 10.9 Å². The van der Waals surface area contributed by atoms with Gasteiger partial charge in [-0.3, -0.25) is 4.79 Å². The molecule has 1 N–H and O–H groups in total. The fraction of sp³-hybridized carbons (Fsp3) is 0.500. The number of para-hydroxylation sites is 1. The molecular weight excluding hydrogens is 370 g/mol. The normalized spacial score (nSPS) is 12.1. The maximum absolute atomic E-state index is 12.1. The maximum Gasteiger partial charge on any atom is 0.230 e. The summed E-state index contributed by atoms with van der Waals surface area (Å²) in [6.45, 7) is 6.29. The number of nitrogens with zero attached hydrogens (tertiary/aromatic N) is 2. The molecule has 1 heterocycles. The van der Waals surface area contributed by atoms with E-state index in [2.05, 4.69) is 24.3 Å². The van der Waals surface area contributed by atoms with Crippen molar-refractivity contribution < 1.29 is 4.79 Å². The van der Waals surface area contributed by atoms with Crippen LogP contribution in [0.3, 0.4) is 0 Å². The molecule has 0 aliphatic rings. The molecule has 0 aliphatic carbocycles. The quantitative estimate of drug-likeness (QED) is 0.362. The van der Waals surface area contributed by atoms with Gasteiger partial charge in [-0.15, -0.1) is 5.10 Å². The second-order valence-electron chi connectivity index (χ2n) is 6.09. The van der Waals surface area contributed by atoms with E-state index in [-0.39, 0.29) is 11.9 Å².